The molecule has 3 rings (SSSR count). The third kappa shape index (κ3) is 5.84. The monoisotopic (exact) mass is 540 g/mol. The Kier molecular flexibility index (Phi) is 7.76. The Morgan fingerprint density at radius 2 is 1.79 bits per heavy atom. The first-order valence-corrected chi connectivity index (χ1v) is 12.2. The Morgan fingerprint density at radius 1 is 1.09 bits per heavy atom. The zero-order valence-corrected chi connectivity index (χ0v) is 21.0. The van der Waals surface area contributed by atoms with Crippen molar-refractivity contribution in [3.05, 3.63) is 87.4 Å². The first kappa shape index (κ1) is 25.0. The van der Waals surface area contributed by atoms with Gasteiger partial charge >= 0.3 is 10.1 Å². The minimum Gasteiger partial charge on any atom is -0.493 e. The van der Waals surface area contributed by atoms with Gasteiger partial charge in [0.15, 0.2) is 11.5 Å². The predicted octanol–water partition coefficient (Wildman–Crippen LogP) is 5.39. The van der Waals surface area contributed by atoms with Gasteiger partial charge in [-0.05, 0) is 77.3 Å². The molecule has 0 atom stereocenters. The highest BCUT2D eigenvalue weighted by molar-refractivity contribution is 9.10. The smallest absolute Gasteiger partial charge is 0.339 e. The lowest BCUT2D eigenvalue weighted by atomic mass is 10.1. The van der Waals surface area contributed by atoms with Crippen LogP contribution in [0, 0.1) is 25.2 Å². The number of hydrogen-bond donors (Lipinski definition) is 1. The number of rotatable bonds is 7. The molecule has 0 saturated carbocycles. The number of nitrogens with zero attached hydrogens (tertiary/aromatic N) is 1. The van der Waals surface area contributed by atoms with Crippen molar-refractivity contribution in [3.8, 4) is 17.6 Å². The maximum Gasteiger partial charge on any atom is 0.339 e. The number of aryl methyl sites for hydroxylation is 2. The SMILES string of the molecule is COc1cc(/C=C(\C#N)C(=O)Nc2ccc(C)cc2C)cc(Br)c1OS(=O)(=O)c1ccccc1. The molecule has 1 N–H and O–H groups in total. The van der Waals surface area contributed by atoms with Gasteiger partial charge in [0.2, 0.25) is 0 Å². The van der Waals surface area contributed by atoms with Crippen molar-refractivity contribution in [1.82, 2.24) is 0 Å². The van der Waals surface area contributed by atoms with Gasteiger partial charge in [-0.15, -0.1) is 0 Å². The molecule has 0 fully saturated rings. The molecule has 3 aromatic carbocycles. The van der Waals surface area contributed by atoms with E-state index >= 15 is 0 Å². The minimum absolute atomic E-state index is 0.0113. The first-order valence-electron chi connectivity index (χ1n) is 10.0. The van der Waals surface area contributed by atoms with Crippen LogP contribution in [0.3, 0.4) is 0 Å². The van der Waals surface area contributed by atoms with Crippen LogP contribution in [0.25, 0.3) is 6.08 Å². The van der Waals surface area contributed by atoms with Crippen LogP contribution in [0.15, 0.2) is 75.6 Å². The molecule has 0 bridgehead atoms. The zero-order chi connectivity index (χ0) is 24.9. The number of hydrogen-bond acceptors (Lipinski definition) is 6. The van der Waals surface area contributed by atoms with Crippen LogP contribution >= 0.6 is 15.9 Å². The van der Waals surface area contributed by atoms with Crippen LogP contribution in [0.4, 0.5) is 5.69 Å². The molecule has 0 heterocycles. The molecule has 0 radical (unpaired) electrons. The summed E-state index contributed by atoms with van der Waals surface area (Å²) >= 11 is 3.30. The average molecular weight is 541 g/mol. The first-order chi connectivity index (χ1) is 16.1. The van der Waals surface area contributed by atoms with E-state index in [1.165, 1.54) is 37.5 Å². The van der Waals surface area contributed by atoms with Crippen molar-refractivity contribution in [2.45, 2.75) is 18.7 Å². The molecule has 0 aromatic heterocycles. The summed E-state index contributed by atoms with van der Waals surface area (Å²) in [6.07, 6.45) is 1.38. The van der Waals surface area contributed by atoms with Gasteiger partial charge in [0.25, 0.3) is 5.91 Å². The summed E-state index contributed by atoms with van der Waals surface area (Å²) in [5, 5.41) is 12.3. The number of carbonyl (C=O) groups excluding carboxylic acids is 1. The van der Waals surface area contributed by atoms with E-state index in [0.29, 0.717) is 11.3 Å². The van der Waals surface area contributed by atoms with E-state index in [1.807, 2.05) is 32.0 Å². The third-order valence-electron chi connectivity index (χ3n) is 4.78. The molecule has 0 unspecified atom stereocenters. The van der Waals surface area contributed by atoms with Gasteiger partial charge in [-0.1, -0.05) is 35.9 Å². The lowest BCUT2D eigenvalue weighted by molar-refractivity contribution is -0.112. The van der Waals surface area contributed by atoms with Crippen molar-refractivity contribution < 1.29 is 22.1 Å². The van der Waals surface area contributed by atoms with Crippen LogP contribution < -0.4 is 14.2 Å². The Bertz CT molecular complexity index is 1410. The van der Waals surface area contributed by atoms with E-state index < -0.39 is 16.0 Å². The summed E-state index contributed by atoms with van der Waals surface area (Å²) in [7, 11) is -2.75. The van der Waals surface area contributed by atoms with Gasteiger partial charge in [-0.25, -0.2) is 0 Å². The zero-order valence-electron chi connectivity index (χ0n) is 18.6. The van der Waals surface area contributed by atoms with Crippen LogP contribution in [0.5, 0.6) is 11.5 Å². The number of benzene rings is 3. The predicted molar refractivity (Wildman–Crippen MR) is 133 cm³/mol. The highest BCUT2D eigenvalue weighted by Crippen LogP contribution is 2.39. The van der Waals surface area contributed by atoms with Crippen LogP contribution in [-0.4, -0.2) is 21.4 Å². The third-order valence-corrected chi connectivity index (χ3v) is 6.61. The standard InChI is InChI=1S/C25H21BrN2O5S/c1-16-9-10-22(17(2)11-16)28-25(29)19(15-27)12-18-13-21(26)24(23(14-18)32-3)33-34(30,31)20-7-5-4-6-8-20/h4-14H,1-3H3,(H,28,29)/b19-12+. The van der Waals surface area contributed by atoms with Gasteiger partial charge < -0.3 is 14.2 Å². The Hall–Kier alpha value is -3.61. The lowest BCUT2D eigenvalue weighted by Gasteiger charge is -2.13. The number of halogens is 1. The van der Waals surface area contributed by atoms with E-state index in [-0.39, 0.29) is 26.4 Å². The molecule has 174 valence electrons. The molecule has 9 heteroatoms. The van der Waals surface area contributed by atoms with Gasteiger partial charge in [-0.3, -0.25) is 4.79 Å². The van der Waals surface area contributed by atoms with Crippen molar-refractivity contribution >= 4 is 43.7 Å². The quantitative estimate of drug-likeness (QED) is 0.244. The number of carbonyl (C=O) groups is 1. The fraction of sp³-hybridized carbons (Fsp3) is 0.120. The van der Waals surface area contributed by atoms with Crippen LogP contribution in [-0.2, 0) is 14.9 Å². The summed E-state index contributed by atoms with van der Waals surface area (Å²) in [6.45, 7) is 3.81. The molecule has 7 nitrogen and oxygen atoms in total. The minimum atomic E-state index is -4.11. The highest BCUT2D eigenvalue weighted by atomic mass is 79.9. The fourth-order valence-corrected chi connectivity index (χ4v) is 4.73. The Balaban J connectivity index is 1.91. The Morgan fingerprint density at radius 3 is 2.41 bits per heavy atom. The second-order valence-electron chi connectivity index (χ2n) is 7.33. The van der Waals surface area contributed by atoms with Gasteiger partial charge in [0.05, 0.1) is 11.6 Å². The van der Waals surface area contributed by atoms with Gasteiger partial charge in [0, 0.05) is 5.69 Å². The molecule has 0 aliphatic rings. The maximum absolute atomic E-state index is 12.7. The number of methoxy groups -OCH3 is 1. The number of nitrogens with one attached hydrogen (secondary N) is 1. The summed E-state index contributed by atoms with van der Waals surface area (Å²) in [5.74, 6) is -0.523. The Labute approximate surface area is 206 Å². The second kappa shape index (κ2) is 10.5. The number of anilines is 1. The van der Waals surface area contributed by atoms with E-state index in [2.05, 4.69) is 21.2 Å². The van der Waals surface area contributed by atoms with E-state index in [0.717, 1.165) is 11.1 Å². The molecule has 3 aromatic rings. The van der Waals surface area contributed by atoms with Crippen LogP contribution in [0.1, 0.15) is 16.7 Å². The maximum atomic E-state index is 12.7. The van der Waals surface area contributed by atoms with Crippen molar-refractivity contribution in [1.29, 1.82) is 5.26 Å². The topological polar surface area (TPSA) is 105 Å². The molecule has 0 aliphatic carbocycles. The summed E-state index contributed by atoms with van der Waals surface area (Å²) in [4.78, 5) is 12.7. The molecule has 1 amide bonds. The normalized spacial score (nSPS) is 11.4. The molecule has 0 saturated heterocycles. The fourth-order valence-electron chi connectivity index (χ4n) is 3.11. The summed E-state index contributed by atoms with van der Waals surface area (Å²) in [5.41, 5.74) is 2.82. The average Bonchev–Trinajstić information content (AvgIpc) is 2.81. The number of ether oxygens (including phenoxy) is 1. The summed E-state index contributed by atoms with van der Waals surface area (Å²) in [6, 6.07) is 18.2. The molecule has 0 spiro atoms. The summed E-state index contributed by atoms with van der Waals surface area (Å²) < 4.78 is 36.2. The second-order valence-corrected chi connectivity index (χ2v) is 9.73. The van der Waals surface area contributed by atoms with Gasteiger partial charge in [0.1, 0.15) is 16.5 Å². The molecule has 0 aliphatic heterocycles. The van der Waals surface area contributed by atoms with E-state index in [1.54, 1.807) is 24.3 Å². The van der Waals surface area contributed by atoms with E-state index in [4.69, 9.17) is 8.92 Å². The largest absolute Gasteiger partial charge is 0.493 e. The molecular formula is C25H21BrN2O5S. The number of amides is 1. The molecule has 34 heavy (non-hydrogen) atoms. The van der Waals surface area contributed by atoms with E-state index in [9.17, 15) is 18.5 Å². The van der Waals surface area contributed by atoms with Crippen LogP contribution in [0.2, 0.25) is 0 Å². The van der Waals surface area contributed by atoms with Crippen molar-refractivity contribution in [3.63, 3.8) is 0 Å². The lowest BCUT2D eigenvalue weighted by Crippen LogP contribution is -2.14. The van der Waals surface area contributed by atoms with Crippen molar-refractivity contribution in [2.75, 3.05) is 12.4 Å². The number of nitriles is 1. The van der Waals surface area contributed by atoms with Gasteiger partial charge in [-0.2, -0.15) is 13.7 Å². The highest BCUT2D eigenvalue weighted by Gasteiger charge is 2.22. The molecular weight excluding hydrogens is 520 g/mol. The van der Waals surface area contributed by atoms with Crippen molar-refractivity contribution in [2.24, 2.45) is 0 Å².